The molecule has 121 heavy (non-hydrogen) atoms. The van der Waals surface area contributed by atoms with Gasteiger partial charge in [-0.05, 0) is 659 Å². The van der Waals surface area contributed by atoms with Crippen LogP contribution in [-0.4, -0.2) is 0 Å². The largest absolute Gasteiger partial charge is 0.0530 e. The van der Waals surface area contributed by atoms with Crippen molar-refractivity contribution in [2.75, 3.05) is 0 Å². The molecule has 39 aliphatic rings. The fourth-order valence-corrected chi connectivity index (χ4v) is 52.5. The summed E-state index contributed by atoms with van der Waals surface area (Å²) >= 11 is 0. The Morgan fingerprint density at radius 1 is 0.0744 bits per heavy atom. The molecule has 48 unspecified atom stereocenters. The lowest BCUT2D eigenvalue weighted by atomic mass is 9.56. The van der Waals surface area contributed by atoms with Gasteiger partial charge in [0.25, 0.3) is 0 Å². The normalized spacial score (nSPS) is 62.9. The van der Waals surface area contributed by atoms with Crippen molar-refractivity contribution in [2.24, 2.45) is 331 Å². The zero-order valence-corrected chi connectivity index (χ0v) is 78.3. The van der Waals surface area contributed by atoms with Crippen molar-refractivity contribution >= 4 is 0 Å². The minimum absolute atomic E-state index is 1.16. The lowest BCUT2D eigenvalue weighted by molar-refractivity contribution is -0.00279. The Hall–Kier alpha value is 0. The van der Waals surface area contributed by atoms with Crippen LogP contribution in [0.2, 0.25) is 0 Å². The Morgan fingerprint density at radius 2 is 0.314 bits per heavy atom. The highest BCUT2D eigenvalue weighted by molar-refractivity contribution is 5.21. The molecule has 32 bridgehead atoms. The van der Waals surface area contributed by atoms with Crippen molar-refractivity contribution in [3.8, 4) is 0 Å². The summed E-state index contributed by atoms with van der Waals surface area (Å²) < 4.78 is 0. The Kier molecular flexibility index (Phi) is 20.3. The van der Waals surface area contributed by atoms with Crippen molar-refractivity contribution < 1.29 is 0 Å². The third kappa shape index (κ3) is 12.8. The Balaban J connectivity index is 0.0000000685. The smallest absolute Gasteiger partial charge is 0.0321 e. The number of rotatable bonds is 0. The van der Waals surface area contributed by atoms with E-state index in [2.05, 4.69) is 0 Å². The molecule has 0 aromatic carbocycles. The van der Waals surface area contributed by atoms with E-state index in [1.165, 1.54) is 326 Å². The summed E-state index contributed by atoms with van der Waals surface area (Å²) in [5.41, 5.74) is 0. The van der Waals surface area contributed by atoms with Gasteiger partial charge in [-0.25, -0.2) is 0 Å². The fourth-order valence-electron chi connectivity index (χ4n) is 52.5. The quantitative estimate of drug-likeness (QED) is 0.212. The first-order valence-corrected chi connectivity index (χ1v) is 59.8. The van der Waals surface area contributed by atoms with Gasteiger partial charge in [-0.15, -0.1) is 0 Å². The van der Waals surface area contributed by atoms with Gasteiger partial charge in [0, 0.05) is 0 Å². The Bertz CT molecular complexity index is 3390. The van der Waals surface area contributed by atoms with Gasteiger partial charge in [-0.1, -0.05) is 89.9 Å². The molecule has 39 fully saturated rings. The van der Waals surface area contributed by atoms with Gasteiger partial charge in [0.2, 0.25) is 0 Å². The zero-order valence-electron chi connectivity index (χ0n) is 78.3. The van der Waals surface area contributed by atoms with Crippen molar-refractivity contribution in [1.82, 2.24) is 0 Å². The van der Waals surface area contributed by atoms with E-state index < -0.39 is 0 Å². The molecular formula is C121H186. The second kappa shape index (κ2) is 31.3. The van der Waals surface area contributed by atoms with Gasteiger partial charge in [0.15, 0.2) is 0 Å². The predicted molar refractivity (Wildman–Crippen MR) is 496 cm³/mol. The molecule has 0 amide bonds. The van der Waals surface area contributed by atoms with Gasteiger partial charge in [0.1, 0.15) is 0 Å². The molecule has 0 aromatic heterocycles. The summed E-state index contributed by atoms with van der Waals surface area (Å²) in [5.74, 6) is 67.8. The maximum absolute atomic E-state index is 1.70. The number of hydrogen-bond acceptors (Lipinski definition) is 0. The van der Waals surface area contributed by atoms with Crippen molar-refractivity contribution in [3.63, 3.8) is 0 Å². The standard InChI is InChI=1S/C17H24.C15H22.C15H24.C14H20.C12H18.C11H18.2C10H16.C9H14.C8H14/c1-2-9-5-8(1)14-12-7-13(15(9)14)17-11-4-3-10(6-11)16(12)17;1-2-10-11(3-1)13-7-12(10)14-8-4-5-9(6-8)15(13)14;1-2-4-11-9-15-13-6-5-12(7-13)14(15)8-10(11)3-1;1-2-8-5-7(1)13-11-6-12(14(8)13)10-4-3-9(10)11;1-2-8-5-7(1)11-9-3-4-10(6-9)12(8)11;1-2-4-11-9-6-5-8(7-9)10(11)3-1;1-4-10-8-2-3-9(10)6-7(1)5-8;1-2-9-7-4-5-8(6-7)10(9)3-1;1-2-8-4-6-3-7(1)9(8)5-6;1-2-7-4-5-8(3-1)6-7/h8-17H,1-7H2;8-15H,1-7H2;10-15H,1-9H2;7-14H,1-6H2;7-12H,1-6H2;8-11H,1-7H2;2*7-10H,1-6H2;6-9H,1-5H2;7-8H,1-6H2. The Morgan fingerprint density at radius 3 is 0.636 bits per heavy atom. The van der Waals surface area contributed by atoms with E-state index in [1.54, 1.807) is 411 Å². The zero-order chi connectivity index (χ0) is 78.3. The van der Waals surface area contributed by atoms with Crippen LogP contribution in [0.5, 0.6) is 0 Å². The molecule has 0 aliphatic heterocycles. The average molecular weight is 1640 g/mol. The van der Waals surface area contributed by atoms with Gasteiger partial charge in [0.05, 0.1) is 0 Å². The van der Waals surface area contributed by atoms with E-state index in [0.717, 1.165) is 11.8 Å². The van der Waals surface area contributed by atoms with Crippen molar-refractivity contribution in [2.45, 2.75) is 417 Å². The minimum atomic E-state index is 1.16. The van der Waals surface area contributed by atoms with Crippen LogP contribution in [0.3, 0.4) is 0 Å². The van der Waals surface area contributed by atoms with E-state index in [9.17, 15) is 0 Å². The molecule has 0 spiro atoms. The topological polar surface area (TPSA) is 0 Å². The SMILES string of the molecule is C1CC2C(C1)C1CC2C2C3CCC(C3)C12.C1CC2C3CCC(C3)C2C1.C1CC2C3CCC2CC1C3.C1CC2CC1C1C3CC(C21)C1C2CCC(C2)C31.C1CC2CC1C1C3CC(C4CCC43)C21.C1CC2CC1C1C3CCC(C3)C21.C1CC2CC3CC1C2C3.C1CC2CCC(C1)C2.C1CCC2C3CCC(C3)C2C1.C1CCC2CC3C4CCC(C4)C3CC2C1. The van der Waals surface area contributed by atoms with E-state index in [0.29, 0.717) is 0 Å². The molecule has 0 radical (unpaired) electrons. The monoisotopic (exact) mass is 1640 g/mol. The molecule has 0 aromatic rings. The lowest BCUT2D eigenvalue weighted by Crippen LogP contribution is -2.42. The van der Waals surface area contributed by atoms with Gasteiger partial charge in [-0.3, -0.25) is 0 Å². The van der Waals surface area contributed by atoms with Crippen LogP contribution < -0.4 is 0 Å². The van der Waals surface area contributed by atoms with Crippen LogP contribution in [0, 0.1) is 331 Å². The molecule has 0 heterocycles. The predicted octanol–water partition coefficient (Wildman–Crippen LogP) is 32.2. The molecule has 670 valence electrons. The molecule has 0 heteroatoms. The second-order valence-electron chi connectivity index (χ2n) is 57.6. The van der Waals surface area contributed by atoms with Crippen molar-refractivity contribution in [3.05, 3.63) is 0 Å². The molecule has 0 N–H and O–H groups in total. The number of fused-ring (bicyclic) bond motifs is 69. The van der Waals surface area contributed by atoms with Crippen LogP contribution in [-0.2, 0) is 0 Å². The molecule has 39 rings (SSSR count). The van der Waals surface area contributed by atoms with Crippen molar-refractivity contribution in [1.29, 1.82) is 0 Å². The third-order valence-electron chi connectivity index (χ3n) is 55.2. The highest BCUT2D eigenvalue weighted by Crippen LogP contribution is 2.79. The van der Waals surface area contributed by atoms with Crippen LogP contribution >= 0.6 is 0 Å². The maximum Gasteiger partial charge on any atom is -0.0321 e. The lowest BCUT2D eigenvalue weighted by Gasteiger charge is -2.49. The number of hydrogen-bond donors (Lipinski definition) is 0. The van der Waals surface area contributed by atoms with Gasteiger partial charge >= 0.3 is 0 Å². The summed E-state index contributed by atoms with van der Waals surface area (Å²) in [6.07, 6.45) is 104. The van der Waals surface area contributed by atoms with Gasteiger partial charge < -0.3 is 0 Å². The fraction of sp³-hybridized carbons (Fsp3) is 1.00. The summed E-state index contributed by atoms with van der Waals surface area (Å²) in [7, 11) is 0. The maximum atomic E-state index is 1.70. The van der Waals surface area contributed by atoms with E-state index in [4.69, 9.17) is 0 Å². The average Bonchev–Trinajstić information content (AvgIpc) is 1.51. The molecule has 39 aliphatic carbocycles. The highest BCUT2D eigenvalue weighted by Gasteiger charge is 2.72. The van der Waals surface area contributed by atoms with Crippen LogP contribution in [0.25, 0.3) is 0 Å². The highest BCUT2D eigenvalue weighted by atomic mass is 14.8. The molecule has 48 atom stereocenters. The van der Waals surface area contributed by atoms with Crippen LogP contribution in [0.15, 0.2) is 0 Å². The third-order valence-corrected chi connectivity index (χ3v) is 55.2. The summed E-state index contributed by atoms with van der Waals surface area (Å²) in [5, 5.41) is 0. The summed E-state index contributed by atoms with van der Waals surface area (Å²) in [6, 6.07) is 0. The second-order valence-corrected chi connectivity index (χ2v) is 57.6. The first-order chi connectivity index (χ1) is 59.8. The Labute approximate surface area is 743 Å². The first-order valence-electron chi connectivity index (χ1n) is 59.8. The van der Waals surface area contributed by atoms with E-state index >= 15 is 0 Å². The molecular weight excluding hydrogens is 1450 g/mol. The van der Waals surface area contributed by atoms with E-state index in [-0.39, 0.29) is 0 Å². The summed E-state index contributed by atoms with van der Waals surface area (Å²) in [6.45, 7) is 0. The van der Waals surface area contributed by atoms with Crippen LogP contribution in [0.1, 0.15) is 417 Å². The summed E-state index contributed by atoms with van der Waals surface area (Å²) in [4.78, 5) is 0. The molecule has 0 nitrogen and oxygen atoms in total. The molecule has 39 saturated carbocycles. The van der Waals surface area contributed by atoms with E-state index in [1.807, 2.05) is 0 Å². The van der Waals surface area contributed by atoms with Gasteiger partial charge in [-0.2, -0.15) is 0 Å². The van der Waals surface area contributed by atoms with Crippen LogP contribution in [0.4, 0.5) is 0 Å². The first kappa shape index (κ1) is 78.5. The molecule has 0 saturated heterocycles. The minimum Gasteiger partial charge on any atom is -0.0530 e.